The maximum absolute atomic E-state index is 12.0. The Morgan fingerprint density at radius 3 is 2.23 bits per heavy atom. The summed E-state index contributed by atoms with van der Waals surface area (Å²) in [6, 6.07) is 7.31. The SMILES string of the molecule is C=COC(=O)c1c(C(=O)[O-])c(C(=O)[O-])cc2ccccc12.[Ca+2]. The minimum atomic E-state index is -1.81. The van der Waals surface area contributed by atoms with E-state index in [1.165, 1.54) is 12.1 Å². The molecule has 22 heavy (non-hydrogen) atoms. The summed E-state index contributed by atoms with van der Waals surface area (Å²) in [5.41, 5.74) is -1.84. The Morgan fingerprint density at radius 1 is 1.05 bits per heavy atom. The van der Waals surface area contributed by atoms with Crippen LogP contribution in [0.2, 0.25) is 0 Å². The number of carboxylic acids is 2. The quantitative estimate of drug-likeness (QED) is 0.426. The molecule has 0 aliphatic carbocycles. The molecule has 106 valence electrons. The molecule has 2 aromatic carbocycles. The van der Waals surface area contributed by atoms with E-state index in [1.54, 1.807) is 12.1 Å². The molecule has 0 saturated carbocycles. The molecule has 6 nitrogen and oxygen atoms in total. The Bertz CT molecular complexity index is 781. The van der Waals surface area contributed by atoms with Gasteiger partial charge in [0.1, 0.15) is 0 Å². The first-order valence-electron chi connectivity index (χ1n) is 5.77. The first-order valence-corrected chi connectivity index (χ1v) is 5.77. The second-order valence-electron chi connectivity index (χ2n) is 4.04. The van der Waals surface area contributed by atoms with Crippen LogP contribution < -0.4 is 10.2 Å². The van der Waals surface area contributed by atoms with E-state index in [9.17, 15) is 24.6 Å². The number of aromatic carboxylic acids is 2. The predicted octanol–water partition coefficient (Wildman–Crippen LogP) is -0.514. The molecule has 0 atom stereocenters. The predicted molar refractivity (Wildman–Crippen MR) is 74.0 cm³/mol. The van der Waals surface area contributed by atoms with Gasteiger partial charge in [0.2, 0.25) is 0 Å². The Morgan fingerprint density at radius 2 is 1.68 bits per heavy atom. The molecule has 0 aliphatic heterocycles. The van der Waals surface area contributed by atoms with Gasteiger partial charge in [0, 0.05) is 11.1 Å². The van der Waals surface area contributed by atoms with Gasteiger partial charge in [0.05, 0.1) is 23.8 Å². The van der Waals surface area contributed by atoms with E-state index in [-0.39, 0.29) is 43.1 Å². The van der Waals surface area contributed by atoms with Crippen molar-refractivity contribution in [3.05, 3.63) is 59.9 Å². The number of hydrogen-bond acceptors (Lipinski definition) is 6. The van der Waals surface area contributed by atoms with E-state index in [0.717, 1.165) is 12.3 Å². The van der Waals surface area contributed by atoms with Crippen LogP contribution in [0.25, 0.3) is 10.8 Å². The fraction of sp³-hybridized carbons (Fsp3) is 0. The zero-order valence-corrected chi connectivity index (χ0v) is 13.5. The molecule has 0 spiro atoms. The number of carbonyl (C=O) groups is 3. The molecule has 0 heterocycles. The summed E-state index contributed by atoms with van der Waals surface area (Å²) in [5, 5.41) is 23.0. The first kappa shape index (κ1) is 18.2. The Balaban J connectivity index is 0.00000242. The van der Waals surface area contributed by atoms with Crippen LogP contribution >= 0.6 is 0 Å². The smallest absolute Gasteiger partial charge is 0.545 e. The zero-order valence-electron chi connectivity index (χ0n) is 11.3. The molecule has 0 aromatic heterocycles. The molecule has 0 N–H and O–H groups in total. The largest absolute Gasteiger partial charge is 2.00 e. The number of fused-ring (bicyclic) bond motifs is 1. The molecule has 7 heteroatoms. The summed E-state index contributed by atoms with van der Waals surface area (Å²) in [6.07, 6.45) is 0.821. The van der Waals surface area contributed by atoms with E-state index in [4.69, 9.17) is 0 Å². The van der Waals surface area contributed by atoms with Crippen molar-refractivity contribution in [2.24, 2.45) is 0 Å². The van der Waals surface area contributed by atoms with Gasteiger partial charge >= 0.3 is 43.7 Å². The molecule has 2 aromatic rings. The number of hydrogen-bond donors (Lipinski definition) is 0. The van der Waals surface area contributed by atoms with Crippen LogP contribution in [0.3, 0.4) is 0 Å². The van der Waals surface area contributed by atoms with Crippen molar-refractivity contribution < 1.29 is 29.3 Å². The van der Waals surface area contributed by atoms with E-state index < -0.39 is 34.6 Å². The maximum Gasteiger partial charge on any atom is 2.00 e. The number of esters is 1. The van der Waals surface area contributed by atoms with Crippen LogP contribution in [0.1, 0.15) is 31.1 Å². The van der Waals surface area contributed by atoms with Crippen LogP contribution in [-0.4, -0.2) is 55.6 Å². The van der Waals surface area contributed by atoms with E-state index in [1.807, 2.05) is 0 Å². The van der Waals surface area contributed by atoms with Crippen molar-refractivity contribution in [1.29, 1.82) is 0 Å². The Labute approximate surface area is 155 Å². The average Bonchev–Trinajstić information content (AvgIpc) is 2.45. The van der Waals surface area contributed by atoms with Crippen LogP contribution in [0.4, 0.5) is 0 Å². The number of ether oxygens (including phenoxy) is 1. The number of benzene rings is 2. The minimum Gasteiger partial charge on any atom is -0.545 e. The summed E-state index contributed by atoms with van der Waals surface area (Å²) in [4.78, 5) is 34.4. The van der Waals surface area contributed by atoms with Gasteiger partial charge in [-0.15, -0.1) is 0 Å². The van der Waals surface area contributed by atoms with Gasteiger partial charge in [0.25, 0.3) is 0 Å². The molecule has 0 aliphatic rings. The summed E-state index contributed by atoms with van der Waals surface area (Å²) in [5.74, 6) is -4.58. The summed E-state index contributed by atoms with van der Waals surface area (Å²) in [6.45, 7) is 3.20. The van der Waals surface area contributed by atoms with Crippen molar-refractivity contribution in [2.45, 2.75) is 0 Å². The van der Waals surface area contributed by atoms with Gasteiger partial charge in [-0.1, -0.05) is 30.8 Å². The summed E-state index contributed by atoms with van der Waals surface area (Å²) >= 11 is 0. The Kier molecular flexibility index (Phi) is 6.10. The zero-order chi connectivity index (χ0) is 15.6. The molecule has 0 bridgehead atoms. The average molecular weight is 324 g/mol. The van der Waals surface area contributed by atoms with Gasteiger partial charge in [0.15, 0.2) is 0 Å². The Hall–Kier alpha value is -1.89. The molecule has 0 fully saturated rings. The van der Waals surface area contributed by atoms with Crippen molar-refractivity contribution in [3.8, 4) is 0 Å². The molecular formula is C15H8CaO6. The van der Waals surface area contributed by atoms with Crippen molar-refractivity contribution >= 4 is 66.4 Å². The third kappa shape index (κ3) is 3.30. The number of carbonyl (C=O) groups excluding carboxylic acids is 3. The van der Waals surface area contributed by atoms with Crippen molar-refractivity contribution in [2.75, 3.05) is 0 Å². The fourth-order valence-electron chi connectivity index (χ4n) is 2.07. The van der Waals surface area contributed by atoms with Gasteiger partial charge < -0.3 is 24.5 Å². The van der Waals surface area contributed by atoms with E-state index in [2.05, 4.69) is 11.3 Å². The number of carboxylic acid groups (broad SMARTS) is 2. The molecule has 2 rings (SSSR count). The molecular weight excluding hydrogens is 316 g/mol. The van der Waals surface area contributed by atoms with E-state index >= 15 is 0 Å². The monoisotopic (exact) mass is 324 g/mol. The topological polar surface area (TPSA) is 107 Å². The fourth-order valence-corrected chi connectivity index (χ4v) is 2.07. The second kappa shape index (κ2) is 7.40. The summed E-state index contributed by atoms with van der Waals surface area (Å²) < 4.78 is 4.58. The molecule has 0 radical (unpaired) electrons. The van der Waals surface area contributed by atoms with E-state index in [0.29, 0.717) is 5.39 Å². The molecule has 0 amide bonds. The van der Waals surface area contributed by atoms with Gasteiger partial charge in [-0.2, -0.15) is 0 Å². The standard InChI is InChI=1S/C15H10O6.Ca/c1-2-21-15(20)12-9-6-4-3-5-8(9)7-10(13(16)17)11(12)14(18)19;/h2-7H,1H2,(H,16,17)(H,18,19);/q;+2/p-2. The number of rotatable bonds is 4. The van der Waals surface area contributed by atoms with Crippen LogP contribution in [0.15, 0.2) is 43.2 Å². The summed E-state index contributed by atoms with van der Waals surface area (Å²) in [7, 11) is 0. The first-order chi connectivity index (χ1) is 9.97. The normalized spacial score (nSPS) is 9.64. The van der Waals surface area contributed by atoms with Gasteiger partial charge in [-0.3, -0.25) is 0 Å². The molecule has 0 unspecified atom stereocenters. The van der Waals surface area contributed by atoms with Crippen molar-refractivity contribution in [1.82, 2.24) is 0 Å². The molecule has 0 saturated heterocycles. The van der Waals surface area contributed by atoms with Crippen LogP contribution in [0.5, 0.6) is 0 Å². The van der Waals surface area contributed by atoms with Crippen molar-refractivity contribution in [3.63, 3.8) is 0 Å². The minimum absolute atomic E-state index is 0. The maximum atomic E-state index is 12.0. The van der Waals surface area contributed by atoms with Crippen LogP contribution in [0, 0.1) is 0 Å². The third-order valence-corrected chi connectivity index (χ3v) is 2.87. The van der Waals surface area contributed by atoms with Gasteiger partial charge in [-0.05, 0) is 16.8 Å². The van der Waals surface area contributed by atoms with Gasteiger partial charge in [-0.25, -0.2) is 4.79 Å². The second-order valence-corrected chi connectivity index (χ2v) is 4.04. The van der Waals surface area contributed by atoms with Crippen LogP contribution in [-0.2, 0) is 4.74 Å². The third-order valence-electron chi connectivity index (χ3n) is 2.87.